The van der Waals surface area contributed by atoms with E-state index >= 15 is 0 Å². The molecule has 0 radical (unpaired) electrons. The molecule has 1 saturated heterocycles. The van der Waals surface area contributed by atoms with Gasteiger partial charge in [0.2, 0.25) is 0 Å². The lowest BCUT2D eigenvalue weighted by molar-refractivity contribution is -0.177. The molecule has 0 aromatic rings. The molecule has 122 valence electrons. The maximum Gasteiger partial charge on any atom is 0.168 e. The first kappa shape index (κ1) is 16.9. The molecule has 3 unspecified atom stereocenters. The van der Waals surface area contributed by atoms with Gasteiger partial charge in [0.1, 0.15) is 5.78 Å². The second-order valence-electron chi connectivity index (χ2n) is 7.35. The molecule has 4 heteroatoms. The van der Waals surface area contributed by atoms with Crippen LogP contribution in [-0.4, -0.2) is 35.5 Å². The number of hydrogen-bond acceptors (Lipinski definition) is 4. The molecule has 3 atom stereocenters. The van der Waals surface area contributed by atoms with Crippen LogP contribution in [0.2, 0.25) is 0 Å². The van der Waals surface area contributed by atoms with E-state index in [1.807, 2.05) is 13.8 Å². The molecular weight excluding hydrogens is 268 g/mol. The predicted molar refractivity (Wildman–Crippen MR) is 80.8 cm³/mol. The van der Waals surface area contributed by atoms with Crippen LogP contribution in [0.1, 0.15) is 59.8 Å². The molecule has 0 spiro atoms. The molecule has 1 N–H and O–H groups in total. The Balaban J connectivity index is 2.10. The summed E-state index contributed by atoms with van der Waals surface area (Å²) in [4.78, 5) is 12.7. The average Bonchev–Trinajstić information content (AvgIpc) is 2.82. The first-order chi connectivity index (χ1) is 9.77. The van der Waals surface area contributed by atoms with Crippen LogP contribution in [-0.2, 0) is 14.3 Å². The number of ether oxygens (including phenoxy) is 2. The number of Topliss-reactive ketones (excluding diaryl/α,β-unsaturated/α-hetero) is 1. The Morgan fingerprint density at radius 1 is 1.29 bits per heavy atom. The number of aliphatic hydroxyl groups is 1. The second-order valence-corrected chi connectivity index (χ2v) is 7.35. The predicted octanol–water partition coefficient (Wildman–Crippen LogP) is 2.92. The van der Waals surface area contributed by atoms with Crippen molar-refractivity contribution in [2.24, 2.45) is 17.8 Å². The van der Waals surface area contributed by atoms with Crippen molar-refractivity contribution in [2.75, 3.05) is 13.2 Å². The number of carbonyl (C=O) groups excluding carboxylic acids is 1. The van der Waals surface area contributed by atoms with Gasteiger partial charge in [0.15, 0.2) is 5.79 Å². The standard InChI is InChI=1S/C17H30O4/c1-5-17(20-8-9-21-17)11-14-12(2)6-7-13(10-15(14)18)16(3,4)19/h12-14,19H,5-11H2,1-4H3. The molecule has 1 aliphatic heterocycles. The smallest absolute Gasteiger partial charge is 0.168 e. The third-order valence-electron chi connectivity index (χ3n) is 5.40. The van der Waals surface area contributed by atoms with E-state index in [4.69, 9.17) is 9.47 Å². The summed E-state index contributed by atoms with van der Waals surface area (Å²) in [7, 11) is 0. The summed E-state index contributed by atoms with van der Waals surface area (Å²) in [6, 6.07) is 0. The Bertz CT molecular complexity index is 365. The second kappa shape index (κ2) is 6.35. The van der Waals surface area contributed by atoms with Gasteiger partial charge in [-0.3, -0.25) is 4.79 Å². The zero-order valence-electron chi connectivity index (χ0n) is 13.9. The van der Waals surface area contributed by atoms with Gasteiger partial charge in [-0.1, -0.05) is 13.8 Å². The van der Waals surface area contributed by atoms with Crippen LogP contribution in [0.5, 0.6) is 0 Å². The Kier molecular flexibility index (Phi) is 5.11. The van der Waals surface area contributed by atoms with Crippen LogP contribution in [0.3, 0.4) is 0 Å². The van der Waals surface area contributed by atoms with Crippen LogP contribution in [0.4, 0.5) is 0 Å². The van der Waals surface area contributed by atoms with Crippen LogP contribution in [0, 0.1) is 17.8 Å². The number of hydrogen-bond donors (Lipinski definition) is 1. The van der Waals surface area contributed by atoms with Gasteiger partial charge in [0.05, 0.1) is 18.8 Å². The van der Waals surface area contributed by atoms with Crippen molar-refractivity contribution in [3.8, 4) is 0 Å². The van der Waals surface area contributed by atoms with Crippen LogP contribution in [0.15, 0.2) is 0 Å². The fourth-order valence-corrected chi connectivity index (χ4v) is 3.70. The highest BCUT2D eigenvalue weighted by Crippen LogP contribution is 2.40. The van der Waals surface area contributed by atoms with Crippen LogP contribution in [0.25, 0.3) is 0 Å². The lowest BCUT2D eigenvalue weighted by Gasteiger charge is -2.32. The van der Waals surface area contributed by atoms with Gasteiger partial charge < -0.3 is 14.6 Å². The number of carbonyl (C=O) groups is 1. The lowest BCUT2D eigenvalue weighted by atomic mass is 9.82. The monoisotopic (exact) mass is 298 g/mol. The fraction of sp³-hybridized carbons (Fsp3) is 0.941. The SMILES string of the molecule is CCC1(CC2C(=O)CC(C(C)(C)O)CCC2C)OCCO1. The van der Waals surface area contributed by atoms with Crippen molar-refractivity contribution < 1.29 is 19.4 Å². The molecular formula is C17H30O4. The van der Waals surface area contributed by atoms with Gasteiger partial charge in [-0.25, -0.2) is 0 Å². The van der Waals surface area contributed by atoms with Crippen molar-refractivity contribution >= 4 is 5.78 Å². The molecule has 1 saturated carbocycles. The van der Waals surface area contributed by atoms with Crippen molar-refractivity contribution in [3.05, 3.63) is 0 Å². The molecule has 2 rings (SSSR count). The number of ketones is 1. The van der Waals surface area contributed by atoms with Crippen molar-refractivity contribution in [2.45, 2.75) is 71.2 Å². The normalized spacial score (nSPS) is 34.0. The fourth-order valence-electron chi connectivity index (χ4n) is 3.70. The minimum Gasteiger partial charge on any atom is -0.390 e. The van der Waals surface area contributed by atoms with Gasteiger partial charge in [-0.2, -0.15) is 0 Å². The average molecular weight is 298 g/mol. The van der Waals surface area contributed by atoms with E-state index in [1.54, 1.807) is 0 Å². The van der Waals surface area contributed by atoms with Gasteiger partial charge in [0.25, 0.3) is 0 Å². The van der Waals surface area contributed by atoms with Crippen LogP contribution < -0.4 is 0 Å². The van der Waals surface area contributed by atoms with Gasteiger partial charge in [-0.15, -0.1) is 0 Å². The topological polar surface area (TPSA) is 55.8 Å². The van der Waals surface area contributed by atoms with Crippen molar-refractivity contribution in [1.29, 1.82) is 0 Å². The number of rotatable bonds is 4. The molecule has 21 heavy (non-hydrogen) atoms. The lowest BCUT2D eigenvalue weighted by Crippen LogP contribution is -2.37. The summed E-state index contributed by atoms with van der Waals surface area (Å²) in [6.45, 7) is 9.06. The first-order valence-corrected chi connectivity index (χ1v) is 8.30. The summed E-state index contributed by atoms with van der Waals surface area (Å²) in [5, 5.41) is 10.2. The quantitative estimate of drug-likeness (QED) is 0.811. The maximum absolute atomic E-state index is 12.7. The molecule has 0 amide bonds. The molecule has 1 heterocycles. The highest BCUT2D eigenvalue weighted by atomic mass is 16.7. The molecule has 0 bridgehead atoms. The maximum atomic E-state index is 12.7. The third kappa shape index (κ3) is 3.85. The zero-order chi connectivity index (χ0) is 15.7. The highest BCUT2D eigenvalue weighted by molar-refractivity contribution is 5.82. The minimum absolute atomic E-state index is 0.0181. The van der Waals surface area contributed by atoms with E-state index in [0.717, 1.165) is 19.3 Å². The summed E-state index contributed by atoms with van der Waals surface area (Å²) >= 11 is 0. The minimum atomic E-state index is -0.785. The zero-order valence-corrected chi connectivity index (χ0v) is 13.9. The van der Waals surface area contributed by atoms with Gasteiger partial charge >= 0.3 is 0 Å². The van der Waals surface area contributed by atoms with E-state index in [0.29, 0.717) is 32.0 Å². The first-order valence-electron chi connectivity index (χ1n) is 8.30. The van der Waals surface area contributed by atoms with E-state index in [2.05, 4.69) is 13.8 Å². The van der Waals surface area contributed by atoms with E-state index in [9.17, 15) is 9.90 Å². The summed E-state index contributed by atoms with van der Waals surface area (Å²) in [5.74, 6) is 0.0550. The highest BCUT2D eigenvalue weighted by Gasteiger charge is 2.43. The third-order valence-corrected chi connectivity index (χ3v) is 5.40. The molecule has 4 nitrogen and oxygen atoms in total. The summed E-state index contributed by atoms with van der Waals surface area (Å²) < 4.78 is 11.6. The molecule has 0 aromatic carbocycles. The Labute approximate surface area is 128 Å². The Morgan fingerprint density at radius 2 is 1.90 bits per heavy atom. The van der Waals surface area contributed by atoms with Gasteiger partial charge in [0, 0.05) is 18.8 Å². The van der Waals surface area contributed by atoms with E-state index in [1.165, 1.54) is 0 Å². The molecule has 2 aliphatic rings. The largest absolute Gasteiger partial charge is 0.390 e. The Hall–Kier alpha value is -0.450. The molecule has 0 aromatic heterocycles. The molecule has 2 fully saturated rings. The Morgan fingerprint density at radius 3 is 2.43 bits per heavy atom. The summed E-state index contributed by atoms with van der Waals surface area (Å²) in [6.07, 6.45) is 3.79. The van der Waals surface area contributed by atoms with E-state index < -0.39 is 11.4 Å². The van der Waals surface area contributed by atoms with Crippen molar-refractivity contribution in [1.82, 2.24) is 0 Å². The summed E-state index contributed by atoms with van der Waals surface area (Å²) in [5.41, 5.74) is -0.785. The van der Waals surface area contributed by atoms with Crippen molar-refractivity contribution in [3.63, 3.8) is 0 Å². The van der Waals surface area contributed by atoms with Crippen LogP contribution >= 0.6 is 0 Å². The molecule has 1 aliphatic carbocycles. The van der Waals surface area contributed by atoms with E-state index in [-0.39, 0.29) is 17.6 Å². The van der Waals surface area contributed by atoms with Gasteiger partial charge in [-0.05, 0) is 44.9 Å².